The quantitative estimate of drug-likeness (QED) is 0.723. The summed E-state index contributed by atoms with van der Waals surface area (Å²) in [6, 6.07) is 14.1. The predicted octanol–water partition coefficient (Wildman–Crippen LogP) is 2.26. The molecule has 0 atom stereocenters. The molecule has 0 saturated carbocycles. The first-order chi connectivity index (χ1) is 12.4. The molecule has 0 aliphatic carbocycles. The van der Waals surface area contributed by atoms with Gasteiger partial charge in [-0.05, 0) is 23.3 Å². The fraction of sp³-hybridized carbons (Fsp3) is 0.158. The van der Waals surface area contributed by atoms with E-state index >= 15 is 0 Å². The van der Waals surface area contributed by atoms with Gasteiger partial charge < -0.3 is 9.88 Å². The Labute approximate surface area is 152 Å². The molecule has 1 amide bonds. The van der Waals surface area contributed by atoms with Crippen LogP contribution in [0.4, 0.5) is 0 Å². The molecule has 26 heavy (non-hydrogen) atoms. The first kappa shape index (κ1) is 17.9. The summed E-state index contributed by atoms with van der Waals surface area (Å²) in [6.07, 6.45) is 6.48. The molecule has 3 rings (SSSR count). The maximum Gasteiger partial charge on any atom is 0.252 e. The second-order valence-electron chi connectivity index (χ2n) is 6.00. The lowest BCUT2D eigenvalue weighted by atomic mass is 10.1. The maximum atomic E-state index is 12.4. The number of aromatic nitrogens is 2. The van der Waals surface area contributed by atoms with Crippen molar-refractivity contribution < 1.29 is 13.2 Å². The van der Waals surface area contributed by atoms with E-state index in [0.29, 0.717) is 6.54 Å². The van der Waals surface area contributed by atoms with Gasteiger partial charge in [0.05, 0.1) is 16.8 Å². The Morgan fingerprint density at radius 1 is 1.08 bits per heavy atom. The summed E-state index contributed by atoms with van der Waals surface area (Å²) in [6.45, 7) is 1.05. The third kappa shape index (κ3) is 4.37. The molecule has 6 nitrogen and oxygen atoms in total. The Morgan fingerprint density at radius 2 is 1.77 bits per heavy atom. The molecule has 0 aliphatic heterocycles. The van der Waals surface area contributed by atoms with E-state index in [4.69, 9.17) is 0 Å². The molecule has 3 aromatic rings. The number of carbonyl (C=O) groups is 1. The van der Waals surface area contributed by atoms with Crippen molar-refractivity contribution in [2.75, 3.05) is 6.26 Å². The Morgan fingerprint density at radius 3 is 2.42 bits per heavy atom. The van der Waals surface area contributed by atoms with E-state index in [1.165, 1.54) is 12.1 Å². The van der Waals surface area contributed by atoms with E-state index in [-0.39, 0.29) is 10.5 Å². The lowest BCUT2D eigenvalue weighted by Gasteiger charge is -2.10. The van der Waals surface area contributed by atoms with E-state index < -0.39 is 15.7 Å². The lowest BCUT2D eigenvalue weighted by Crippen LogP contribution is -2.24. The first-order valence-electron chi connectivity index (χ1n) is 8.04. The number of amides is 1. The molecule has 1 N–H and O–H groups in total. The van der Waals surface area contributed by atoms with Crippen LogP contribution in [0.25, 0.3) is 0 Å². The molecule has 0 radical (unpaired) electrons. The highest BCUT2D eigenvalue weighted by Gasteiger charge is 2.17. The average Bonchev–Trinajstić information content (AvgIpc) is 3.13. The Hall–Kier alpha value is -2.93. The fourth-order valence-corrected chi connectivity index (χ4v) is 3.49. The summed E-state index contributed by atoms with van der Waals surface area (Å²) in [5.74, 6) is -0.409. The van der Waals surface area contributed by atoms with E-state index in [1.54, 1.807) is 24.7 Å². The van der Waals surface area contributed by atoms with Gasteiger partial charge in [-0.1, -0.05) is 36.4 Å². The van der Waals surface area contributed by atoms with E-state index in [1.807, 2.05) is 35.0 Å². The van der Waals surface area contributed by atoms with Crippen LogP contribution in [0.2, 0.25) is 0 Å². The summed E-state index contributed by atoms with van der Waals surface area (Å²) < 4.78 is 25.6. The number of benzene rings is 2. The van der Waals surface area contributed by atoms with Gasteiger partial charge in [0, 0.05) is 31.7 Å². The standard InChI is InChI=1S/C19H19N3O3S/c1-26(24,25)18-5-3-2-4-17(18)19(23)21-12-15-6-8-16(9-7-15)13-22-11-10-20-14-22/h2-11,14H,12-13H2,1H3,(H,21,23). The van der Waals surface area contributed by atoms with Gasteiger partial charge in [0.1, 0.15) is 0 Å². The van der Waals surface area contributed by atoms with Crippen LogP contribution in [0.1, 0.15) is 21.5 Å². The third-order valence-corrected chi connectivity index (χ3v) is 5.09. The highest BCUT2D eigenvalue weighted by molar-refractivity contribution is 7.90. The molecule has 2 aromatic carbocycles. The number of nitrogens with zero attached hydrogens (tertiary/aromatic N) is 2. The third-order valence-electron chi connectivity index (χ3n) is 3.93. The van der Waals surface area contributed by atoms with Crippen molar-refractivity contribution in [1.29, 1.82) is 0 Å². The molecule has 1 aromatic heterocycles. The highest BCUT2D eigenvalue weighted by Crippen LogP contribution is 2.15. The predicted molar refractivity (Wildman–Crippen MR) is 98.5 cm³/mol. The van der Waals surface area contributed by atoms with Gasteiger partial charge in [0.15, 0.2) is 9.84 Å². The maximum absolute atomic E-state index is 12.4. The molecule has 0 saturated heterocycles. The molecule has 7 heteroatoms. The van der Waals surface area contributed by atoms with Crippen molar-refractivity contribution in [3.8, 4) is 0 Å². The number of hydrogen-bond acceptors (Lipinski definition) is 4. The molecule has 0 spiro atoms. The zero-order valence-electron chi connectivity index (χ0n) is 14.3. The zero-order chi connectivity index (χ0) is 18.6. The summed E-state index contributed by atoms with van der Waals surface area (Å²) in [5, 5.41) is 2.77. The summed E-state index contributed by atoms with van der Waals surface area (Å²) >= 11 is 0. The molecule has 0 aliphatic rings. The normalized spacial score (nSPS) is 11.3. The molecule has 1 heterocycles. The largest absolute Gasteiger partial charge is 0.348 e. The summed E-state index contributed by atoms with van der Waals surface area (Å²) in [7, 11) is -3.46. The van der Waals surface area contributed by atoms with Crippen LogP contribution < -0.4 is 5.32 Å². The fourth-order valence-electron chi connectivity index (χ4n) is 2.61. The Bertz CT molecular complexity index is 995. The van der Waals surface area contributed by atoms with Gasteiger partial charge in [-0.15, -0.1) is 0 Å². The van der Waals surface area contributed by atoms with Gasteiger partial charge in [-0.3, -0.25) is 4.79 Å². The summed E-state index contributed by atoms with van der Waals surface area (Å²) in [4.78, 5) is 16.4. The topological polar surface area (TPSA) is 81.1 Å². The number of carbonyl (C=O) groups excluding carboxylic acids is 1. The van der Waals surface area contributed by atoms with Crippen molar-refractivity contribution in [3.63, 3.8) is 0 Å². The number of nitrogens with one attached hydrogen (secondary N) is 1. The van der Waals surface area contributed by atoms with Crippen LogP contribution in [-0.2, 0) is 22.9 Å². The molecule has 134 valence electrons. The molecule has 0 bridgehead atoms. The van der Waals surface area contributed by atoms with Crippen LogP contribution in [0.15, 0.2) is 72.1 Å². The van der Waals surface area contributed by atoms with E-state index in [0.717, 1.165) is 23.9 Å². The van der Waals surface area contributed by atoms with Crippen LogP contribution in [0, 0.1) is 0 Å². The second kappa shape index (κ2) is 7.53. The zero-order valence-corrected chi connectivity index (χ0v) is 15.1. The number of hydrogen-bond donors (Lipinski definition) is 1. The minimum absolute atomic E-state index is 0.0354. The van der Waals surface area contributed by atoms with Gasteiger partial charge in [-0.2, -0.15) is 0 Å². The van der Waals surface area contributed by atoms with Crippen LogP contribution in [0.5, 0.6) is 0 Å². The van der Waals surface area contributed by atoms with Crippen molar-refractivity contribution in [2.45, 2.75) is 18.0 Å². The minimum Gasteiger partial charge on any atom is -0.348 e. The van der Waals surface area contributed by atoms with E-state index in [9.17, 15) is 13.2 Å². The monoisotopic (exact) mass is 369 g/mol. The molecular weight excluding hydrogens is 350 g/mol. The Balaban J connectivity index is 1.65. The Kier molecular flexibility index (Phi) is 5.18. The van der Waals surface area contributed by atoms with Crippen LogP contribution in [-0.4, -0.2) is 30.1 Å². The van der Waals surface area contributed by atoms with E-state index in [2.05, 4.69) is 10.3 Å². The number of imidazole rings is 1. The minimum atomic E-state index is -3.46. The van der Waals surface area contributed by atoms with Crippen molar-refractivity contribution in [1.82, 2.24) is 14.9 Å². The SMILES string of the molecule is CS(=O)(=O)c1ccccc1C(=O)NCc1ccc(Cn2ccnc2)cc1. The number of sulfone groups is 1. The smallest absolute Gasteiger partial charge is 0.252 e. The molecular formula is C19H19N3O3S. The summed E-state index contributed by atoms with van der Waals surface area (Å²) in [5.41, 5.74) is 2.22. The van der Waals surface area contributed by atoms with Crippen molar-refractivity contribution in [2.24, 2.45) is 0 Å². The van der Waals surface area contributed by atoms with Gasteiger partial charge >= 0.3 is 0 Å². The van der Waals surface area contributed by atoms with Gasteiger partial charge in [-0.25, -0.2) is 13.4 Å². The second-order valence-corrected chi connectivity index (χ2v) is 7.99. The average molecular weight is 369 g/mol. The first-order valence-corrected chi connectivity index (χ1v) is 9.93. The van der Waals surface area contributed by atoms with Crippen LogP contribution in [0.3, 0.4) is 0 Å². The molecule has 0 unspecified atom stereocenters. The van der Waals surface area contributed by atoms with Crippen LogP contribution >= 0.6 is 0 Å². The highest BCUT2D eigenvalue weighted by atomic mass is 32.2. The lowest BCUT2D eigenvalue weighted by molar-refractivity contribution is 0.0947. The number of rotatable bonds is 6. The molecule has 0 fully saturated rings. The van der Waals surface area contributed by atoms with Crippen molar-refractivity contribution >= 4 is 15.7 Å². The van der Waals surface area contributed by atoms with Crippen molar-refractivity contribution in [3.05, 3.63) is 83.9 Å². The van der Waals surface area contributed by atoms with Gasteiger partial charge in [0.2, 0.25) is 0 Å². The van der Waals surface area contributed by atoms with Gasteiger partial charge in [0.25, 0.3) is 5.91 Å².